The highest BCUT2D eigenvalue weighted by atomic mass is 19.3. The summed E-state index contributed by atoms with van der Waals surface area (Å²) in [5.41, 5.74) is 0. The summed E-state index contributed by atoms with van der Waals surface area (Å²) in [6, 6.07) is 3.55. The highest BCUT2D eigenvalue weighted by molar-refractivity contribution is 5.69. The van der Waals surface area contributed by atoms with Gasteiger partial charge in [-0.3, -0.25) is 9.69 Å². The van der Waals surface area contributed by atoms with Gasteiger partial charge in [-0.2, -0.15) is 8.78 Å². The third kappa shape index (κ3) is 4.77. The normalized spacial score (nSPS) is 23.2. The molecule has 2 fully saturated rings. The van der Waals surface area contributed by atoms with Crippen molar-refractivity contribution in [3.63, 3.8) is 0 Å². The minimum absolute atomic E-state index is 0.0269. The lowest BCUT2D eigenvalue weighted by molar-refractivity contribution is -0.139. The van der Waals surface area contributed by atoms with E-state index in [9.17, 15) is 13.6 Å². The maximum absolute atomic E-state index is 12.1. The van der Waals surface area contributed by atoms with Crippen molar-refractivity contribution in [2.24, 2.45) is 5.92 Å². The van der Waals surface area contributed by atoms with E-state index >= 15 is 0 Å². The summed E-state index contributed by atoms with van der Waals surface area (Å²) in [4.78, 5) is 17.1. The zero-order chi connectivity index (χ0) is 17.1. The average molecular weight is 341 g/mol. The standard InChI is InChI=1S/C16H21F2N3O3/c17-16(18)24-13-3-4-14(19-7-13)20-11-5-12(6-11)21(9-15(22)23)8-10-1-2-10/h3-4,7,10-12,16H,1-2,5-6,8-9H2,(H,19,20)(H,22,23). The van der Waals surface area contributed by atoms with Crippen LogP contribution in [-0.2, 0) is 4.79 Å². The Balaban J connectivity index is 1.45. The Labute approximate surface area is 138 Å². The number of pyridine rings is 1. The van der Waals surface area contributed by atoms with Crippen LogP contribution in [0, 0.1) is 5.92 Å². The molecular formula is C16H21F2N3O3. The summed E-state index contributed by atoms with van der Waals surface area (Å²) >= 11 is 0. The van der Waals surface area contributed by atoms with E-state index < -0.39 is 12.6 Å². The van der Waals surface area contributed by atoms with Gasteiger partial charge in [0.15, 0.2) is 0 Å². The lowest BCUT2D eigenvalue weighted by Gasteiger charge is -2.43. The summed E-state index contributed by atoms with van der Waals surface area (Å²) in [6.07, 6.45) is 5.37. The number of hydrogen-bond donors (Lipinski definition) is 2. The van der Waals surface area contributed by atoms with Crippen LogP contribution >= 0.6 is 0 Å². The van der Waals surface area contributed by atoms with E-state index in [4.69, 9.17) is 5.11 Å². The van der Waals surface area contributed by atoms with E-state index in [1.54, 1.807) is 6.07 Å². The summed E-state index contributed by atoms with van der Waals surface area (Å²) in [6.45, 7) is -1.90. The number of alkyl halides is 2. The van der Waals surface area contributed by atoms with Crippen LogP contribution in [0.4, 0.5) is 14.6 Å². The number of carboxylic acid groups (broad SMARTS) is 1. The van der Waals surface area contributed by atoms with Crippen LogP contribution < -0.4 is 10.1 Å². The van der Waals surface area contributed by atoms with Gasteiger partial charge in [0, 0.05) is 18.6 Å². The topological polar surface area (TPSA) is 74.7 Å². The molecule has 1 aromatic rings. The predicted molar refractivity (Wildman–Crippen MR) is 83.2 cm³/mol. The van der Waals surface area contributed by atoms with Crippen LogP contribution in [0.25, 0.3) is 0 Å². The minimum atomic E-state index is -2.86. The first-order valence-corrected chi connectivity index (χ1v) is 8.13. The number of rotatable bonds is 9. The number of ether oxygens (including phenoxy) is 1. The van der Waals surface area contributed by atoms with Gasteiger partial charge in [-0.15, -0.1) is 0 Å². The fourth-order valence-electron chi connectivity index (χ4n) is 3.00. The van der Waals surface area contributed by atoms with Crippen molar-refractivity contribution in [3.05, 3.63) is 18.3 Å². The molecular weight excluding hydrogens is 320 g/mol. The smallest absolute Gasteiger partial charge is 0.387 e. The molecule has 0 aliphatic heterocycles. The summed E-state index contributed by atoms with van der Waals surface area (Å²) in [5.74, 6) is 0.495. The molecule has 2 aliphatic rings. The molecule has 6 nitrogen and oxygen atoms in total. The van der Waals surface area contributed by atoms with Gasteiger partial charge in [0.1, 0.15) is 11.6 Å². The fourth-order valence-corrected chi connectivity index (χ4v) is 3.00. The molecule has 3 rings (SSSR count). The third-order valence-corrected chi connectivity index (χ3v) is 4.47. The van der Waals surface area contributed by atoms with E-state index in [0.29, 0.717) is 11.7 Å². The number of aliphatic carboxylic acids is 1. The molecule has 24 heavy (non-hydrogen) atoms. The Morgan fingerprint density at radius 3 is 2.71 bits per heavy atom. The van der Waals surface area contributed by atoms with Gasteiger partial charge in [-0.1, -0.05) is 0 Å². The van der Waals surface area contributed by atoms with Gasteiger partial charge >= 0.3 is 12.6 Å². The van der Waals surface area contributed by atoms with Crippen molar-refractivity contribution < 1.29 is 23.4 Å². The second-order valence-corrected chi connectivity index (χ2v) is 6.49. The largest absolute Gasteiger partial charge is 0.480 e. The fraction of sp³-hybridized carbons (Fsp3) is 0.625. The van der Waals surface area contributed by atoms with E-state index in [-0.39, 0.29) is 24.4 Å². The van der Waals surface area contributed by atoms with Gasteiger partial charge < -0.3 is 15.2 Å². The zero-order valence-electron chi connectivity index (χ0n) is 13.2. The lowest BCUT2D eigenvalue weighted by Crippen LogP contribution is -2.52. The van der Waals surface area contributed by atoms with Gasteiger partial charge in [0.2, 0.25) is 0 Å². The van der Waals surface area contributed by atoms with E-state index in [1.165, 1.54) is 25.1 Å². The van der Waals surface area contributed by atoms with Gasteiger partial charge in [-0.05, 0) is 43.7 Å². The molecule has 0 saturated heterocycles. The molecule has 2 saturated carbocycles. The van der Waals surface area contributed by atoms with Crippen LogP contribution in [0.1, 0.15) is 25.7 Å². The molecule has 132 valence electrons. The van der Waals surface area contributed by atoms with E-state index in [0.717, 1.165) is 19.4 Å². The Morgan fingerprint density at radius 2 is 2.17 bits per heavy atom. The zero-order valence-corrected chi connectivity index (χ0v) is 13.2. The van der Waals surface area contributed by atoms with Crippen LogP contribution in [0.3, 0.4) is 0 Å². The van der Waals surface area contributed by atoms with Crippen LogP contribution in [0.5, 0.6) is 5.75 Å². The second kappa shape index (κ2) is 7.29. The monoisotopic (exact) mass is 341 g/mol. The molecule has 2 aliphatic carbocycles. The second-order valence-electron chi connectivity index (χ2n) is 6.49. The Morgan fingerprint density at radius 1 is 1.42 bits per heavy atom. The SMILES string of the molecule is O=C(O)CN(CC1CC1)C1CC(Nc2ccc(OC(F)F)cn2)C1. The molecule has 0 amide bonds. The molecule has 2 N–H and O–H groups in total. The lowest BCUT2D eigenvalue weighted by atomic mass is 9.85. The van der Waals surface area contributed by atoms with Crippen LogP contribution in [0.2, 0.25) is 0 Å². The predicted octanol–water partition coefficient (Wildman–Crippen LogP) is 2.42. The molecule has 0 atom stereocenters. The number of carbonyl (C=O) groups is 1. The quantitative estimate of drug-likeness (QED) is 0.719. The molecule has 8 heteroatoms. The summed E-state index contributed by atoms with van der Waals surface area (Å²) < 4.78 is 28.4. The summed E-state index contributed by atoms with van der Waals surface area (Å²) in [7, 11) is 0. The molecule has 0 aromatic carbocycles. The van der Waals surface area contributed by atoms with Crippen molar-refractivity contribution in [2.45, 2.75) is 44.4 Å². The first kappa shape index (κ1) is 16.9. The number of carboxylic acids is 1. The number of aromatic nitrogens is 1. The first-order valence-electron chi connectivity index (χ1n) is 8.13. The van der Waals surface area contributed by atoms with Crippen molar-refractivity contribution >= 4 is 11.8 Å². The Hall–Kier alpha value is -1.96. The first-order chi connectivity index (χ1) is 11.5. The maximum atomic E-state index is 12.1. The van der Waals surface area contributed by atoms with Gasteiger partial charge in [0.25, 0.3) is 0 Å². The Bertz CT molecular complexity index is 560. The molecule has 0 radical (unpaired) electrons. The summed E-state index contributed by atoms with van der Waals surface area (Å²) in [5, 5.41) is 12.3. The number of nitrogens with one attached hydrogen (secondary N) is 1. The molecule has 1 aromatic heterocycles. The number of halogens is 2. The van der Waals surface area contributed by atoms with Crippen molar-refractivity contribution in [2.75, 3.05) is 18.4 Å². The highest BCUT2D eigenvalue weighted by Gasteiger charge is 2.37. The van der Waals surface area contributed by atoms with Crippen LogP contribution in [0.15, 0.2) is 18.3 Å². The highest BCUT2D eigenvalue weighted by Crippen LogP contribution is 2.34. The average Bonchev–Trinajstić information content (AvgIpc) is 3.26. The third-order valence-electron chi connectivity index (χ3n) is 4.47. The maximum Gasteiger partial charge on any atom is 0.387 e. The van der Waals surface area contributed by atoms with Crippen LogP contribution in [-0.4, -0.2) is 52.7 Å². The van der Waals surface area contributed by atoms with Crippen molar-refractivity contribution in [3.8, 4) is 5.75 Å². The Kier molecular flexibility index (Phi) is 5.13. The van der Waals surface area contributed by atoms with Gasteiger partial charge in [-0.25, -0.2) is 4.98 Å². The van der Waals surface area contributed by atoms with Crippen molar-refractivity contribution in [1.29, 1.82) is 0 Å². The number of nitrogens with zero attached hydrogens (tertiary/aromatic N) is 2. The van der Waals surface area contributed by atoms with E-state index in [1.807, 2.05) is 0 Å². The molecule has 0 bridgehead atoms. The van der Waals surface area contributed by atoms with Gasteiger partial charge in [0.05, 0.1) is 12.7 Å². The number of anilines is 1. The molecule has 0 spiro atoms. The number of hydrogen-bond acceptors (Lipinski definition) is 5. The molecule has 0 unspecified atom stereocenters. The van der Waals surface area contributed by atoms with Crippen molar-refractivity contribution in [1.82, 2.24) is 9.88 Å². The molecule has 1 heterocycles. The minimum Gasteiger partial charge on any atom is -0.480 e. The van der Waals surface area contributed by atoms with E-state index in [2.05, 4.69) is 19.9 Å².